The van der Waals surface area contributed by atoms with Gasteiger partial charge in [0.2, 0.25) is 0 Å². The first-order valence-electron chi connectivity index (χ1n) is 30.9. The van der Waals surface area contributed by atoms with E-state index < -0.39 is 12.1 Å². The van der Waals surface area contributed by atoms with E-state index >= 15 is 0 Å². The van der Waals surface area contributed by atoms with E-state index in [0.29, 0.717) is 19.3 Å². The number of hydrogen-bond donors (Lipinski definition) is 0. The van der Waals surface area contributed by atoms with Gasteiger partial charge in [0, 0.05) is 19.3 Å². The Kier molecular flexibility index (Phi) is 58.3. The fraction of sp³-hybridized carbons (Fsp3) is 0.691. The van der Waals surface area contributed by atoms with E-state index in [0.717, 1.165) is 89.9 Å². The average Bonchev–Trinajstić information content (AvgIpc) is 3.40. The SMILES string of the molecule is CC/C=C\C/C=C\C/C=C\C/C=C\C/C=C\C/C=C\CCC(=O)OC(COC(=O)CCCCCCCC)COC(=O)CCCCCCCCCCCCCCCCCC/C=C\C/C=C\C/C=C\CCCCCCC. The van der Waals surface area contributed by atoms with Crippen LogP contribution in [0.1, 0.15) is 284 Å². The van der Waals surface area contributed by atoms with Gasteiger partial charge in [-0.2, -0.15) is 0 Å². The Bertz CT molecular complexity index is 1510. The van der Waals surface area contributed by atoms with Crippen LogP contribution < -0.4 is 0 Å². The predicted molar refractivity (Wildman–Crippen MR) is 320 cm³/mol. The number of carbonyl (C=O) groups excluding carboxylic acids is 3. The second-order valence-corrected chi connectivity index (χ2v) is 20.2. The van der Waals surface area contributed by atoms with Crippen LogP contribution in [0.2, 0.25) is 0 Å². The number of ether oxygens (including phenoxy) is 3. The zero-order valence-electron chi connectivity index (χ0n) is 48.3. The summed E-state index contributed by atoms with van der Waals surface area (Å²) < 4.78 is 16.7. The molecular weight excluding hydrogens is 913 g/mol. The molecule has 0 bridgehead atoms. The molecule has 1 unspecified atom stereocenters. The van der Waals surface area contributed by atoms with Crippen LogP contribution in [0.3, 0.4) is 0 Å². The third-order valence-electron chi connectivity index (χ3n) is 13.0. The van der Waals surface area contributed by atoms with E-state index in [1.165, 1.54) is 148 Å². The molecule has 0 aromatic rings. The maximum atomic E-state index is 12.8. The largest absolute Gasteiger partial charge is 0.462 e. The van der Waals surface area contributed by atoms with E-state index in [2.05, 4.69) is 118 Å². The van der Waals surface area contributed by atoms with Crippen LogP contribution in [0.15, 0.2) is 109 Å². The van der Waals surface area contributed by atoms with E-state index in [4.69, 9.17) is 14.2 Å². The van der Waals surface area contributed by atoms with Crippen molar-refractivity contribution in [3.05, 3.63) is 109 Å². The molecule has 0 aliphatic carbocycles. The monoisotopic (exact) mass is 1030 g/mol. The zero-order valence-corrected chi connectivity index (χ0v) is 48.3. The van der Waals surface area contributed by atoms with Gasteiger partial charge in [0.15, 0.2) is 6.10 Å². The van der Waals surface area contributed by atoms with Gasteiger partial charge in [0.05, 0.1) is 0 Å². The maximum Gasteiger partial charge on any atom is 0.306 e. The Morgan fingerprint density at radius 2 is 0.554 bits per heavy atom. The summed E-state index contributed by atoms with van der Waals surface area (Å²) in [6, 6.07) is 0. The quantitative estimate of drug-likeness (QED) is 0.0261. The van der Waals surface area contributed by atoms with Crippen molar-refractivity contribution in [1.29, 1.82) is 0 Å². The second-order valence-electron chi connectivity index (χ2n) is 20.2. The summed E-state index contributed by atoms with van der Waals surface area (Å²) in [4.78, 5) is 37.9. The minimum absolute atomic E-state index is 0.108. The van der Waals surface area contributed by atoms with Crippen LogP contribution in [0.4, 0.5) is 0 Å². The van der Waals surface area contributed by atoms with Gasteiger partial charge in [0.25, 0.3) is 0 Å². The fourth-order valence-electron chi connectivity index (χ4n) is 8.42. The van der Waals surface area contributed by atoms with E-state index in [1.807, 2.05) is 12.2 Å². The molecule has 0 fully saturated rings. The predicted octanol–water partition coefficient (Wildman–Crippen LogP) is 21.0. The summed E-state index contributed by atoms with van der Waals surface area (Å²) in [5.74, 6) is -1.00. The number of rotatable bonds is 55. The van der Waals surface area contributed by atoms with Crippen LogP contribution in [0.25, 0.3) is 0 Å². The van der Waals surface area contributed by atoms with Gasteiger partial charge >= 0.3 is 17.9 Å². The first-order chi connectivity index (χ1) is 36.5. The molecule has 0 heterocycles. The first-order valence-corrected chi connectivity index (χ1v) is 30.9. The summed E-state index contributed by atoms with van der Waals surface area (Å²) >= 11 is 0. The topological polar surface area (TPSA) is 78.9 Å². The van der Waals surface area contributed by atoms with Gasteiger partial charge in [-0.3, -0.25) is 14.4 Å². The summed E-state index contributed by atoms with van der Waals surface area (Å²) in [6.07, 6.45) is 84.4. The molecule has 0 saturated heterocycles. The lowest BCUT2D eigenvalue weighted by Crippen LogP contribution is -2.30. The van der Waals surface area contributed by atoms with Gasteiger partial charge in [-0.05, 0) is 96.3 Å². The highest BCUT2D eigenvalue weighted by atomic mass is 16.6. The number of esters is 3. The zero-order chi connectivity index (χ0) is 53.6. The van der Waals surface area contributed by atoms with Crippen molar-refractivity contribution in [2.75, 3.05) is 13.2 Å². The molecule has 0 amide bonds. The molecule has 6 nitrogen and oxygen atoms in total. The molecule has 422 valence electrons. The third kappa shape index (κ3) is 59.0. The highest BCUT2D eigenvalue weighted by molar-refractivity contribution is 5.71. The van der Waals surface area contributed by atoms with Crippen LogP contribution in [-0.2, 0) is 28.6 Å². The minimum Gasteiger partial charge on any atom is -0.462 e. The average molecular weight is 1030 g/mol. The van der Waals surface area contributed by atoms with Crippen molar-refractivity contribution in [2.45, 2.75) is 290 Å². The Morgan fingerprint density at radius 1 is 0.284 bits per heavy atom. The standard InChI is InChI=1S/C68H114O6/c1-4-7-10-13-16-18-20-22-24-26-28-29-30-31-32-33-34-35-36-37-38-39-41-42-44-46-48-50-52-55-58-61-67(70)73-64-65(63-72-66(69)60-57-54-15-12-9-6-3)74-68(71)62-59-56-53-51-49-47-45-43-40-27-25-23-21-19-17-14-11-8-5-2/h8,11,17,19-20,22-23,25-26,28,30-31,40,43,47,49,53,56,65H,4-7,9-10,12-16,18,21,24,27,29,32-39,41-42,44-46,48,50-52,54-55,57-64H2,1-3H3/b11-8-,19-17-,22-20-,25-23-,28-26-,31-30-,43-40-,49-47-,56-53-. The molecule has 74 heavy (non-hydrogen) atoms. The number of hydrogen-bond acceptors (Lipinski definition) is 6. The van der Waals surface area contributed by atoms with E-state index in [-0.39, 0.29) is 31.6 Å². The van der Waals surface area contributed by atoms with Crippen molar-refractivity contribution >= 4 is 17.9 Å². The molecule has 1 atom stereocenters. The molecular formula is C68H114O6. The Labute approximate surface area is 457 Å². The molecule has 0 saturated carbocycles. The van der Waals surface area contributed by atoms with E-state index in [1.54, 1.807) is 0 Å². The Balaban J connectivity index is 4.12. The van der Waals surface area contributed by atoms with Crippen LogP contribution >= 0.6 is 0 Å². The van der Waals surface area contributed by atoms with Gasteiger partial charge < -0.3 is 14.2 Å². The second kappa shape index (κ2) is 61.6. The van der Waals surface area contributed by atoms with E-state index in [9.17, 15) is 14.4 Å². The number of carbonyl (C=O) groups is 3. The van der Waals surface area contributed by atoms with Crippen molar-refractivity contribution in [1.82, 2.24) is 0 Å². The number of unbranched alkanes of at least 4 members (excludes halogenated alkanes) is 26. The van der Waals surface area contributed by atoms with Crippen molar-refractivity contribution in [3.63, 3.8) is 0 Å². The van der Waals surface area contributed by atoms with Crippen molar-refractivity contribution in [3.8, 4) is 0 Å². The smallest absolute Gasteiger partial charge is 0.306 e. The molecule has 0 aliphatic rings. The fourth-order valence-corrected chi connectivity index (χ4v) is 8.42. The lowest BCUT2D eigenvalue weighted by molar-refractivity contribution is -0.166. The highest BCUT2D eigenvalue weighted by Crippen LogP contribution is 2.16. The molecule has 0 radical (unpaired) electrons. The molecule has 0 rings (SSSR count). The number of allylic oxidation sites excluding steroid dienone is 18. The molecule has 0 spiro atoms. The third-order valence-corrected chi connectivity index (χ3v) is 13.0. The van der Waals surface area contributed by atoms with Gasteiger partial charge in [-0.15, -0.1) is 0 Å². The van der Waals surface area contributed by atoms with Crippen molar-refractivity contribution < 1.29 is 28.6 Å². The highest BCUT2D eigenvalue weighted by Gasteiger charge is 2.19. The molecule has 6 heteroatoms. The van der Waals surface area contributed by atoms with Crippen molar-refractivity contribution in [2.24, 2.45) is 0 Å². The van der Waals surface area contributed by atoms with Crippen LogP contribution in [0, 0.1) is 0 Å². The van der Waals surface area contributed by atoms with Gasteiger partial charge in [-0.1, -0.05) is 278 Å². The maximum absolute atomic E-state index is 12.8. The summed E-state index contributed by atoms with van der Waals surface area (Å²) in [5.41, 5.74) is 0. The Hall–Kier alpha value is -3.93. The van der Waals surface area contributed by atoms with Crippen LogP contribution in [-0.4, -0.2) is 37.2 Å². The summed E-state index contributed by atoms with van der Waals surface area (Å²) in [6.45, 7) is 6.40. The summed E-state index contributed by atoms with van der Waals surface area (Å²) in [5, 5.41) is 0. The van der Waals surface area contributed by atoms with Gasteiger partial charge in [-0.25, -0.2) is 0 Å². The molecule has 0 aliphatic heterocycles. The Morgan fingerprint density at radius 3 is 0.878 bits per heavy atom. The lowest BCUT2D eigenvalue weighted by Gasteiger charge is -2.18. The molecule has 0 aromatic carbocycles. The summed E-state index contributed by atoms with van der Waals surface area (Å²) in [7, 11) is 0. The van der Waals surface area contributed by atoms with Gasteiger partial charge in [0.1, 0.15) is 13.2 Å². The first kappa shape index (κ1) is 70.1. The lowest BCUT2D eigenvalue weighted by atomic mass is 10.0. The van der Waals surface area contributed by atoms with Crippen LogP contribution in [0.5, 0.6) is 0 Å². The normalized spacial score (nSPS) is 12.9. The minimum atomic E-state index is -0.816. The molecule has 0 aromatic heterocycles. The molecule has 0 N–H and O–H groups in total.